The molecule has 20 heavy (non-hydrogen) atoms. The van der Waals surface area contributed by atoms with Gasteiger partial charge >= 0.3 is 5.69 Å². The molecule has 0 spiro atoms. The van der Waals surface area contributed by atoms with E-state index in [0.717, 1.165) is 5.69 Å². The third-order valence-electron chi connectivity index (χ3n) is 3.06. The Hall–Kier alpha value is -2.08. The monoisotopic (exact) mass is 276 g/mol. The van der Waals surface area contributed by atoms with E-state index in [0.29, 0.717) is 0 Å². The van der Waals surface area contributed by atoms with Crippen LogP contribution in [-0.2, 0) is 5.41 Å². The third-order valence-corrected chi connectivity index (χ3v) is 3.06. The van der Waals surface area contributed by atoms with Crippen molar-refractivity contribution >= 4 is 5.69 Å². The normalized spacial score (nSPS) is 13.2. The molecule has 0 radical (unpaired) electrons. The van der Waals surface area contributed by atoms with Crippen LogP contribution in [0.2, 0.25) is 0 Å². The van der Waals surface area contributed by atoms with Gasteiger partial charge in [-0.05, 0) is 23.1 Å². The SMILES string of the molecule is CC(C)(C)c1cccc(NCC(O)c2n[nH]c(=O)[nH]2)c1. The Morgan fingerprint density at radius 1 is 1.40 bits per heavy atom. The first kappa shape index (κ1) is 14.3. The summed E-state index contributed by atoms with van der Waals surface area (Å²) in [5, 5.41) is 19.0. The predicted molar refractivity (Wildman–Crippen MR) is 77.8 cm³/mol. The Balaban J connectivity index is 2.02. The molecule has 1 heterocycles. The van der Waals surface area contributed by atoms with Crippen molar-refractivity contribution in [2.45, 2.75) is 32.3 Å². The standard InChI is InChI=1S/C14H20N4O2/c1-14(2,3)9-5-4-6-10(7-9)15-8-11(19)12-16-13(20)18-17-12/h4-7,11,15,19H,8H2,1-3H3,(H2,16,17,18,20). The summed E-state index contributed by atoms with van der Waals surface area (Å²) in [6.45, 7) is 6.72. The molecule has 1 aromatic carbocycles. The van der Waals surface area contributed by atoms with Crippen molar-refractivity contribution in [3.05, 3.63) is 46.1 Å². The number of benzene rings is 1. The lowest BCUT2D eigenvalue weighted by Gasteiger charge is -2.20. The molecule has 0 aliphatic heterocycles. The molecular weight excluding hydrogens is 256 g/mol. The molecule has 0 bridgehead atoms. The van der Waals surface area contributed by atoms with Crippen LogP contribution in [0.25, 0.3) is 0 Å². The van der Waals surface area contributed by atoms with Crippen molar-refractivity contribution in [2.24, 2.45) is 0 Å². The van der Waals surface area contributed by atoms with E-state index in [1.807, 2.05) is 12.1 Å². The summed E-state index contributed by atoms with van der Waals surface area (Å²) >= 11 is 0. The zero-order valence-corrected chi connectivity index (χ0v) is 11.9. The molecule has 6 heteroatoms. The van der Waals surface area contributed by atoms with Gasteiger partial charge in [-0.3, -0.25) is 4.98 Å². The van der Waals surface area contributed by atoms with Crippen LogP contribution in [-0.4, -0.2) is 26.8 Å². The molecule has 0 fully saturated rings. The summed E-state index contributed by atoms with van der Waals surface area (Å²) in [5.74, 6) is 0.231. The minimum Gasteiger partial charge on any atom is -0.383 e. The highest BCUT2D eigenvalue weighted by atomic mass is 16.3. The fourth-order valence-corrected chi connectivity index (χ4v) is 1.85. The zero-order chi connectivity index (χ0) is 14.8. The number of aliphatic hydroxyl groups is 1. The summed E-state index contributed by atoms with van der Waals surface area (Å²) in [6, 6.07) is 8.05. The van der Waals surface area contributed by atoms with E-state index in [9.17, 15) is 9.90 Å². The molecule has 1 atom stereocenters. The van der Waals surface area contributed by atoms with E-state index < -0.39 is 11.8 Å². The van der Waals surface area contributed by atoms with Crippen molar-refractivity contribution < 1.29 is 5.11 Å². The lowest BCUT2D eigenvalue weighted by molar-refractivity contribution is 0.182. The number of hydrogen-bond donors (Lipinski definition) is 4. The van der Waals surface area contributed by atoms with Crippen LogP contribution in [0.15, 0.2) is 29.1 Å². The Labute approximate surface area is 117 Å². The number of aromatic amines is 2. The molecule has 1 aromatic heterocycles. The number of H-pyrrole nitrogens is 2. The van der Waals surface area contributed by atoms with E-state index in [2.05, 4.69) is 53.4 Å². The fraction of sp³-hybridized carbons (Fsp3) is 0.429. The second kappa shape index (κ2) is 5.50. The lowest BCUT2D eigenvalue weighted by atomic mass is 9.87. The quantitative estimate of drug-likeness (QED) is 0.681. The van der Waals surface area contributed by atoms with Gasteiger partial charge in [-0.2, -0.15) is 5.10 Å². The van der Waals surface area contributed by atoms with E-state index >= 15 is 0 Å². The summed E-state index contributed by atoms with van der Waals surface area (Å²) in [6.07, 6.45) is -0.868. The molecule has 0 amide bonds. The van der Waals surface area contributed by atoms with Crippen molar-refractivity contribution in [1.29, 1.82) is 0 Å². The maximum Gasteiger partial charge on any atom is 0.340 e. The van der Waals surface area contributed by atoms with Crippen LogP contribution in [0.5, 0.6) is 0 Å². The first-order valence-electron chi connectivity index (χ1n) is 6.53. The Bertz CT molecular complexity index is 624. The molecule has 6 nitrogen and oxygen atoms in total. The number of aromatic nitrogens is 3. The van der Waals surface area contributed by atoms with Gasteiger partial charge in [-0.15, -0.1) is 0 Å². The molecular formula is C14H20N4O2. The second-order valence-electron chi connectivity index (χ2n) is 5.79. The summed E-state index contributed by atoms with van der Waals surface area (Å²) < 4.78 is 0. The first-order valence-corrected chi connectivity index (χ1v) is 6.53. The Morgan fingerprint density at radius 3 is 2.75 bits per heavy atom. The highest BCUT2D eigenvalue weighted by Crippen LogP contribution is 2.24. The molecule has 2 rings (SSSR count). The lowest BCUT2D eigenvalue weighted by Crippen LogP contribution is -2.15. The van der Waals surface area contributed by atoms with Gasteiger partial charge in [0.25, 0.3) is 0 Å². The van der Waals surface area contributed by atoms with Crippen LogP contribution in [0.1, 0.15) is 38.3 Å². The molecule has 0 saturated carbocycles. The molecule has 1 unspecified atom stereocenters. The van der Waals surface area contributed by atoms with Crippen LogP contribution in [0.3, 0.4) is 0 Å². The average Bonchev–Trinajstić information content (AvgIpc) is 2.82. The van der Waals surface area contributed by atoms with Gasteiger partial charge in [0.1, 0.15) is 6.10 Å². The summed E-state index contributed by atoms with van der Waals surface area (Å²) in [7, 11) is 0. The van der Waals surface area contributed by atoms with E-state index in [4.69, 9.17) is 0 Å². The zero-order valence-electron chi connectivity index (χ0n) is 11.9. The molecule has 108 valence electrons. The van der Waals surface area contributed by atoms with Gasteiger partial charge < -0.3 is 10.4 Å². The van der Waals surface area contributed by atoms with Crippen LogP contribution in [0, 0.1) is 0 Å². The molecule has 0 saturated heterocycles. The number of aliphatic hydroxyl groups excluding tert-OH is 1. The number of rotatable bonds is 4. The Morgan fingerprint density at radius 2 is 2.15 bits per heavy atom. The third kappa shape index (κ3) is 3.48. The minimum absolute atomic E-state index is 0.0732. The Kier molecular flexibility index (Phi) is 3.94. The van der Waals surface area contributed by atoms with Gasteiger partial charge in [0.2, 0.25) is 0 Å². The molecule has 2 aromatic rings. The summed E-state index contributed by atoms with van der Waals surface area (Å²) in [5.41, 5.74) is 1.79. The number of nitrogens with zero attached hydrogens (tertiary/aromatic N) is 1. The van der Waals surface area contributed by atoms with Crippen molar-refractivity contribution in [3.8, 4) is 0 Å². The van der Waals surface area contributed by atoms with Gasteiger partial charge in [0, 0.05) is 12.2 Å². The maximum absolute atomic E-state index is 10.9. The maximum atomic E-state index is 10.9. The largest absolute Gasteiger partial charge is 0.383 e. The highest BCUT2D eigenvalue weighted by molar-refractivity contribution is 5.47. The number of anilines is 1. The van der Waals surface area contributed by atoms with Gasteiger partial charge in [0.05, 0.1) is 0 Å². The fourth-order valence-electron chi connectivity index (χ4n) is 1.85. The molecule has 4 N–H and O–H groups in total. The van der Waals surface area contributed by atoms with E-state index in [1.54, 1.807) is 0 Å². The van der Waals surface area contributed by atoms with Gasteiger partial charge in [0.15, 0.2) is 5.82 Å². The molecule has 0 aliphatic rings. The minimum atomic E-state index is -0.868. The smallest absolute Gasteiger partial charge is 0.340 e. The van der Waals surface area contributed by atoms with E-state index in [-0.39, 0.29) is 17.8 Å². The molecule has 0 aliphatic carbocycles. The summed E-state index contributed by atoms with van der Waals surface area (Å²) in [4.78, 5) is 13.4. The van der Waals surface area contributed by atoms with Crippen molar-refractivity contribution in [3.63, 3.8) is 0 Å². The van der Waals surface area contributed by atoms with Crippen molar-refractivity contribution in [2.75, 3.05) is 11.9 Å². The van der Waals surface area contributed by atoms with Gasteiger partial charge in [-0.1, -0.05) is 32.9 Å². The number of hydrogen-bond acceptors (Lipinski definition) is 4. The number of nitrogens with one attached hydrogen (secondary N) is 3. The highest BCUT2D eigenvalue weighted by Gasteiger charge is 2.14. The second-order valence-corrected chi connectivity index (χ2v) is 5.79. The van der Waals surface area contributed by atoms with Crippen molar-refractivity contribution in [1.82, 2.24) is 15.2 Å². The predicted octanol–water partition coefficient (Wildman–Crippen LogP) is 1.54. The van der Waals surface area contributed by atoms with Gasteiger partial charge in [-0.25, -0.2) is 9.89 Å². The first-order chi connectivity index (χ1) is 9.36. The van der Waals surface area contributed by atoms with Crippen LogP contribution < -0.4 is 11.0 Å². The average molecular weight is 276 g/mol. The van der Waals surface area contributed by atoms with Crippen LogP contribution >= 0.6 is 0 Å². The topological polar surface area (TPSA) is 93.8 Å². The van der Waals surface area contributed by atoms with Crippen LogP contribution in [0.4, 0.5) is 5.69 Å². The van der Waals surface area contributed by atoms with E-state index in [1.165, 1.54) is 5.56 Å².